The van der Waals surface area contributed by atoms with E-state index in [1.165, 1.54) is 0 Å². The van der Waals surface area contributed by atoms with Crippen LogP contribution in [0.4, 0.5) is 0 Å². The zero-order valence-electron chi connectivity index (χ0n) is 7.25. The lowest BCUT2D eigenvalue weighted by molar-refractivity contribution is 0.0785. The number of rotatable bonds is 3. The molecule has 0 saturated carbocycles. The molecule has 72 valence electrons. The first-order chi connectivity index (χ1) is 5.67. The van der Waals surface area contributed by atoms with Gasteiger partial charge in [0.25, 0.3) is 0 Å². The molecule has 0 amide bonds. The van der Waals surface area contributed by atoms with Crippen molar-refractivity contribution in [2.45, 2.75) is 18.8 Å². The lowest BCUT2D eigenvalue weighted by Gasteiger charge is -2.23. The Kier molecular flexibility index (Phi) is 3.49. The molecule has 1 fully saturated rings. The number of nitrogens with one attached hydrogen (secondary N) is 1. The van der Waals surface area contributed by atoms with Crippen LogP contribution in [0.2, 0.25) is 0 Å². The van der Waals surface area contributed by atoms with Gasteiger partial charge in [0.05, 0.1) is 12.4 Å². The van der Waals surface area contributed by atoms with Crippen molar-refractivity contribution in [1.29, 1.82) is 0 Å². The van der Waals surface area contributed by atoms with E-state index in [0.29, 0.717) is 19.6 Å². The van der Waals surface area contributed by atoms with E-state index in [2.05, 4.69) is 5.32 Å². The van der Waals surface area contributed by atoms with Gasteiger partial charge in [-0.3, -0.25) is 0 Å². The molecular formula is C7H15NO3S. The molecule has 1 unspecified atom stereocenters. The van der Waals surface area contributed by atoms with Gasteiger partial charge in [0.2, 0.25) is 0 Å². The van der Waals surface area contributed by atoms with Gasteiger partial charge in [-0.1, -0.05) is 6.92 Å². The third kappa shape index (κ3) is 2.43. The molecule has 0 aliphatic carbocycles. The first-order valence-corrected chi connectivity index (χ1v) is 5.92. The molecule has 1 aliphatic rings. The Morgan fingerprint density at radius 3 is 2.83 bits per heavy atom. The standard InChI is InChI=1S/C7H15NO3S/c1-2-5-12(9,10)7-6-8-3-4-11-7/h7-8H,2-6H2,1H3. The fourth-order valence-corrected chi connectivity index (χ4v) is 2.70. The zero-order valence-corrected chi connectivity index (χ0v) is 8.06. The minimum Gasteiger partial charge on any atom is -0.360 e. The molecule has 1 atom stereocenters. The molecule has 12 heavy (non-hydrogen) atoms. The monoisotopic (exact) mass is 193 g/mol. The van der Waals surface area contributed by atoms with E-state index in [9.17, 15) is 8.42 Å². The Hall–Kier alpha value is -0.130. The predicted octanol–water partition coefficient (Wildman–Crippen LogP) is -0.243. The molecule has 0 aromatic heterocycles. The van der Waals surface area contributed by atoms with Gasteiger partial charge in [-0.15, -0.1) is 0 Å². The fourth-order valence-electron chi connectivity index (χ4n) is 1.19. The highest BCUT2D eigenvalue weighted by Crippen LogP contribution is 2.07. The summed E-state index contributed by atoms with van der Waals surface area (Å²) in [5.41, 5.74) is -0.619. The largest absolute Gasteiger partial charge is 0.360 e. The highest BCUT2D eigenvalue weighted by atomic mass is 32.2. The van der Waals surface area contributed by atoms with E-state index in [4.69, 9.17) is 4.74 Å². The molecule has 1 saturated heterocycles. The van der Waals surface area contributed by atoms with Crippen LogP contribution in [0.25, 0.3) is 0 Å². The minimum absolute atomic E-state index is 0.222. The quantitative estimate of drug-likeness (QED) is 0.672. The van der Waals surface area contributed by atoms with E-state index in [1.54, 1.807) is 0 Å². The second kappa shape index (κ2) is 4.20. The molecular weight excluding hydrogens is 178 g/mol. The maximum atomic E-state index is 11.4. The highest BCUT2D eigenvalue weighted by Gasteiger charge is 2.26. The fraction of sp³-hybridized carbons (Fsp3) is 1.00. The Morgan fingerprint density at radius 2 is 2.33 bits per heavy atom. The lowest BCUT2D eigenvalue weighted by atomic mass is 10.5. The zero-order chi connectivity index (χ0) is 9.03. The molecule has 5 heteroatoms. The van der Waals surface area contributed by atoms with E-state index in [1.807, 2.05) is 6.92 Å². The number of morpholine rings is 1. The molecule has 0 spiro atoms. The van der Waals surface area contributed by atoms with Crippen LogP contribution in [0, 0.1) is 0 Å². The van der Waals surface area contributed by atoms with Gasteiger partial charge in [0.15, 0.2) is 15.3 Å². The Morgan fingerprint density at radius 1 is 1.58 bits per heavy atom. The maximum Gasteiger partial charge on any atom is 0.178 e. The first kappa shape index (κ1) is 9.95. The van der Waals surface area contributed by atoms with Crippen molar-refractivity contribution in [3.05, 3.63) is 0 Å². The van der Waals surface area contributed by atoms with Crippen LogP contribution >= 0.6 is 0 Å². The van der Waals surface area contributed by atoms with Crippen molar-refractivity contribution in [3.63, 3.8) is 0 Å². The summed E-state index contributed by atoms with van der Waals surface area (Å²) in [7, 11) is -3.02. The first-order valence-electron chi connectivity index (χ1n) is 4.20. The van der Waals surface area contributed by atoms with Gasteiger partial charge in [0, 0.05) is 13.1 Å². The van der Waals surface area contributed by atoms with Gasteiger partial charge in [-0.05, 0) is 6.42 Å². The summed E-state index contributed by atoms with van der Waals surface area (Å²) in [5.74, 6) is 0.222. The van der Waals surface area contributed by atoms with Crippen molar-refractivity contribution in [1.82, 2.24) is 5.32 Å². The Balaban J connectivity index is 2.54. The minimum atomic E-state index is -3.02. The average molecular weight is 193 g/mol. The summed E-state index contributed by atoms with van der Waals surface area (Å²) in [4.78, 5) is 0. The number of hydrogen-bond acceptors (Lipinski definition) is 4. The predicted molar refractivity (Wildman–Crippen MR) is 46.7 cm³/mol. The number of hydrogen-bond donors (Lipinski definition) is 1. The Labute approximate surface area is 73.2 Å². The highest BCUT2D eigenvalue weighted by molar-refractivity contribution is 7.91. The summed E-state index contributed by atoms with van der Waals surface area (Å²) < 4.78 is 28.0. The average Bonchev–Trinajstić information content (AvgIpc) is 2.06. The molecule has 1 heterocycles. The smallest absolute Gasteiger partial charge is 0.178 e. The molecule has 1 N–H and O–H groups in total. The summed E-state index contributed by atoms with van der Waals surface area (Å²) in [6, 6.07) is 0. The molecule has 0 radical (unpaired) electrons. The Bertz CT molecular complexity index is 219. The SMILES string of the molecule is CCCS(=O)(=O)C1CNCCO1. The lowest BCUT2D eigenvalue weighted by Crippen LogP contribution is -2.43. The van der Waals surface area contributed by atoms with Crippen molar-refractivity contribution < 1.29 is 13.2 Å². The van der Waals surface area contributed by atoms with Gasteiger partial charge >= 0.3 is 0 Å². The van der Waals surface area contributed by atoms with Crippen molar-refractivity contribution >= 4 is 9.84 Å². The van der Waals surface area contributed by atoms with Crippen LogP contribution in [0.3, 0.4) is 0 Å². The van der Waals surface area contributed by atoms with Gasteiger partial charge in [-0.25, -0.2) is 8.42 Å². The van der Waals surface area contributed by atoms with Crippen LogP contribution in [-0.2, 0) is 14.6 Å². The topological polar surface area (TPSA) is 55.4 Å². The van der Waals surface area contributed by atoms with E-state index in [-0.39, 0.29) is 5.75 Å². The van der Waals surface area contributed by atoms with Crippen LogP contribution in [0.15, 0.2) is 0 Å². The molecule has 4 nitrogen and oxygen atoms in total. The van der Waals surface area contributed by atoms with E-state index < -0.39 is 15.3 Å². The van der Waals surface area contributed by atoms with Crippen molar-refractivity contribution in [2.75, 3.05) is 25.4 Å². The summed E-state index contributed by atoms with van der Waals surface area (Å²) in [5, 5.41) is 3.00. The van der Waals surface area contributed by atoms with Crippen LogP contribution < -0.4 is 5.32 Å². The normalized spacial score (nSPS) is 25.6. The van der Waals surface area contributed by atoms with Crippen LogP contribution in [0.5, 0.6) is 0 Å². The molecule has 0 bridgehead atoms. The third-order valence-electron chi connectivity index (χ3n) is 1.78. The van der Waals surface area contributed by atoms with Crippen LogP contribution in [-0.4, -0.2) is 39.3 Å². The van der Waals surface area contributed by atoms with Crippen molar-refractivity contribution in [3.8, 4) is 0 Å². The molecule has 1 aliphatic heterocycles. The molecule has 1 rings (SSSR count). The van der Waals surface area contributed by atoms with Crippen LogP contribution in [0.1, 0.15) is 13.3 Å². The summed E-state index contributed by atoms with van der Waals surface area (Å²) in [6.45, 7) is 3.53. The molecule has 0 aromatic rings. The number of sulfone groups is 1. The van der Waals surface area contributed by atoms with E-state index >= 15 is 0 Å². The number of ether oxygens (including phenoxy) is 1. The van der Waals surface area contributed by atoms with Crippen molar-refractivity contribution in [2.24, 2.45) is 0 Å². The van der Waals surface area contributed by atoms with Gasteiger partial charge in [-0.2, -0.15) is 0 Å². The summed E-state index contributed by atoms with van der Waals surface area (Å²) >= 11 is 0. The second-order valence-electron chi connectivity index (χ2n) is 2.87. The summed E-state index contributed by atoms with van der Waals surface area (Å²) in [6.07, 6.45) is 0.655. The third-order valence-corrected chi connectivity index (χ3v) is 3.86. The maximum absolute atomic E-state index is 11.4. The second-order valence-corrected chi connectivity index (χ2v) is 5.13. The molecule has 0 aromatic carbocycles. The van der Waals surface area contributed by atoms with Gasteiger partial charge < -0.3 is 10.1 Å². The van der Waals surface area contributed by atoms with Gasteiger partial charge in [0.1, 0.15) is 0 Å². The van der Waals surface area contributed by atoms with E-state index in [0.717, 1.165) is 6.54 Å².